The predicted molar refractivity (Wildman–Crippen MR) is 61.0 cm³/mol. The molecule has 0 aromatic carbocycles. The van der Waals surface area contributed by atoms with Crippen LogP contribution >= 0.6 is 22.9 Å². The molecule has 1 unspecified atom stereocenters. The highest BCUT2D eigenvalue weighted by atomic mass is 35.5. The van der Waals surface area contributed by atoms with Crippen molar-refractivity contribution in [2.75, 3.05) is 0 Å². The summed E-state index contributed by atoms with van der Waals surface area (Å²) in [7, 11) is 0. The van der Waals surface area contributed by atoms with Crippen molar-refractivity contribution in [3.8, 4) is 0 Å². The van der Waals surface area contributed by atoms with Gasteiger partial charge in [0.15, 0.2) is 0 Å². The first kappa shape index (κ1) is 10.6. The SMILES string of the molecule is CC(NCc1ccc(Cl)s1)c1ncn[nH]1. The summed E-state index contributed by atoms with van der Waals surface area (Å²) in [6.07, 6.45) is 1.51. The number of halogens is 1. The quantitative estimate of drug-likeness (QED) is 0.866. The average molecular weight is 243 g/mol. The highest BCUT2D eigenvalue weighted by molar-refractivity contribution is 7.16. The third-order valence-corrected chi connectivity index (χ3v) is 3.29. The van der Waals surface area contributed by atoms with Gasteiger partial charge in [-0.3, -0.25) is 5.10 Å². The number of H-pyrrole nitrogens is 1. The number of hydrogen-bond acceptors (Lipinski definition) is 4. The van der Waals surface area contributed by atoms with E-state index in [1.54, 1.807) is 11.3 Å². The topological polar surface area (TPSA) is 53.6 Å². The number of nitrogens with zero attached hydrogens (tertiary/aromatic N) is 2. The lowest BCUT2D eigenvalue weighted by atomic mass is 10.3. The second-order valence-corrected chi connectivity index (χ2v) is 4.98. The maximum Gasteiger partial charge on any atom is 0.141 e. The van der Waals surface area contributed by atoms with Gasteiger partial charge in [-0.1, -0.05) is 11.6 Å². The Kier molecular flexibility index (Phi) is 3.35. The zero-order valence-electron chi connectivity index (χ0n) is 8.20. The van der Waals surface area contributed by atoms with Crippen molar-refractivity contribution >= 4 is 22.9 Å². The largest absolute Gasteiger partial charge is 0.303 e. The summed E-state index contributed by atoms with van der Waals surface area (Å²) in [5.74, 6) is 0.845. The van der Waals surface area contributed by atoms with Gasteiger partial charge in [0.05, 0.1) is 10.4 Å². The van der Waals surface area contributed by atoms with Crippen LogP contribution in [0.5, 0.6) is 0 Å². The monoisotopic (exact) mass is 242 g/mol. The minimum absolute atomic E-state index is 0.161. The second kappa shape index (κ2) is 4.74. The molecule has 0 spiro atoms. The molecule has 0 aliphatic heterocycles. The van der Waals surface area contributed by atoms with Gasteiger partial charge in [-0.2, -0.15) is 5.10 Å². The van der Waals surface area contributed by atoms with Gasteiger partial charge in [-0.25, -0.2) is 4.98 Å². The molecule has 0 bridgehead atoms. The van der Waals surface area contributed by atoms with E-state index < -0.39 is 0 Å². The molecule has 0 amide bonds. The first-order chi connectivity index (χ1) is 7.25. The van der Waals surface area contributed by atoms with Crippen molar-refractivity contribution in [3.05, 3.63) is 33.5 Å². The highest BCUT2D eigenvalue weighted by Gasteiger charge is 2.07. The van der Waals surface area contributed by atoms with Crippen LogP contribution in [-0.4, -0.2) is 15.2 Å². The molecule has 2 N–H and O–H groups in total. The number of rotatable bonds is 4. The van der Waals surface area contributed by atoms with E-state index in [2.05, 4.69) is 20.5 Å². The lowest BCUT2D eigenvalue weighted by Gasteiger charge is -2.09. The summed E-state index contributed by atoms with van der Waals surface area (Å²) in [5, 5.41) is 9.97. The van der Waals surface area contributed by atoms with E-state index in [0.717, 1.165) is 16.7 Å². The first-order valence-corrected chi connectivity index (χ1v) is 5.78. The molecule has 0 radical (unpaired) electrons. The Bertz CT molecular complexity index is 411. The summed E-state index contributed by atoms with van der Waals surface area (Å²) < 4.78 is 0.819. The molecular formula is C9H11ClN4S. The van der Waals surface area contributed by atoms with Crippen LogP contribution in [0.25, 0.3) is 0 Å². The van der Waals surface area contributed by atoms with Gasteiger partial charge in [0.1, 0.15) is 12.2 Å². The number of hydrogen-bond donors (Lipinski definition) is 2. The van der Waals surface area contributed by atoms with Gasteiger partial charge in [-0.15, -0.1) is 11.3 Å². The van der Waals surface area contributed by atoms with Gasteiger partial charge in [0.25, 0.3) is 0 Å². The Hall–Kier alpha value is -0.910. The highest BCUT2D eigenvalue weighted by Crippen LogP contribution is 2.21. The molecule has 0 aliphatic carbocycles. The Balaban J connectivity index is 1.88. The van der Waals surface area contributed by atoms with Crippen molar-refractivity contribution in [1.82, 2.24) is 20.5 Å². The van der Waals surface area contributed by atoms with E-state index in [1.807, 2.05) is 19.1 Å². The lowest BCUT2D eigenvalue weighted by Crippen LogP contribution is -2.18. The lowest BCUT2D eigenvalue weighted by molar-refractivity contribution is 0.551. The van der Waals surface area contributed by atoms with Gasteiger partial charge < -0.3 is 5.32 Å². The molecule has 1 atom stereocenters. The fraction of sp³-hybridized carbons (Fsp3) is 0.333. The van der Waals surface area contributed by atoms with E-state index >= 15 is 0 Å². The molecule has 6 heteroatoms. The van der Waals surface area contributed by atoms with Crippen molar-refractivity contribution < 1.29 is 0 Å². The zero-order valence-corrected chi connectivity index (χ0v) is 9.77. The molecule has 2 aromatic rings. The Morgan fingerprint density at radius 1 is 1.60 bits per heavy atom. The standard InChI is InChI=1S/C9H11ClN4S/c1-6(9-12-5-13-14-9)11-4-7-2-3-8(10)15-7/h2-3,5-6,11H,4H2,1H3,(H,12,13,14). The van der Waals surface area contributed by atoms with Crippen LogP contribution in [0, 0.1) is 0 Å². The number of nitrogens with one attached hydrogen (secondary N) is 2. The number of aromatic nitrogens is 3. The molecule has 0 aliphatic rings. The summed E-state index contributed by atoms with van der Waals surface area (Å²) in [4.78, 5) is 5.30. The summed E-state index contributed by atoms with van der Waals surface area (Å²) in [6, 6.07) is 4.09. The maximum atomic E-state index is 5.84. The van der Waals surface area contributed by atoms with Gasteiger partial charge in [0, 0.05) is 11.4 Å². The molecule has 2 rings (SSSR count). The number of thiophene rings is 1. The third-order valence-electron chi connectivity index (χ3n) is 2.06. The predicted octanol–water partition coefficient (Wildman–Crippen LogP) is 2.37. The zero-order chi connectivity index (χ0) is 10.7. The summed E-state index contributed by atoms with van der Waals surface area (Å²) >= 11 is 7.42. The minimum Gasteiger partial charge on any atom is -0.303 e. The summed E-state index contributed by atoms with van der Waals surface area (Å²) in [6.45, 7) is 2.83. The molecule has 15 heavy (non-hydrogen) atoms. The smallest absolute Gasteiger partial charge is 0.141 e. The Morgan fingerprint density at radius 3 is 3.07 bits per heavy atom. The minimum atomic E-state index is 0.161. The molecule has 0 saturated heterocycles. The molecule has 80 valence electrons. The summed E-state index contributed by atoms with van der Waals surface area (Å²) in [5.41, 5.74) is 0. The van der Waals surface area contributed by atoms with Crippen LogP contribution < -0.4 is 5.32 Å². The van der Waals surface area contributed by atoms with Gasteiger partial charge in [0.2, 0.25) is 0 Å². The van der Waals surface area contributed by atoms with E-state index in [-0.39, 0.29) is 6.04 Å². The van der Waals surface area contributed by atoms with Gasteiger partial charge >= 0.3 is 0 Å². The van der Waals surface area contributed by atoms with E-state index in [4.69, 9.17) is 11.6 Å². The molecular weight excluding hydrogens is 232 g/mol. The second-order valence-electron chi connectivity index (χ2n) is 3.18. The van der Waals surface area contributed by atoms with Crippen LogP contribution in [0.2, 0.25) is 4.34 Å². The van der Waals surface area contributed by atoms with E-state index in [1.165, 1.54) is 11.2 Å². The Labute approximate surface area is 96.7 Å². The van der Waals surface area contributed by atoms with Crippen LogP contribution in [0.3, 0.4) is 0 Å². The number of aromatic amines is 1. The van der Waals surface area contributed by atoms with Crippen molar-refractivity contribution in [3.63, 3.8) is 0 Å². The fourth-order valence-corrected chi connectivity index (χ4v) is 2.26. The molecule has 4 nitrogen and oxygen atoms in total. The van der Waals surface area contributed by atoms with Crippen molar-refractivity contribution in [2.45, 2.75) is 19.5 Å². The fourth-order valence-electron chi connectivity index (χ4n) is 1.22. The molecule has 0 fully saturated rings. The Morgan fingerprint density at radius 2 is 2.47 bits per heavy atom. The maximum absolute atomic E-state index is 5.84. The average Bonchev–Trinajstić information content (AvgIpc) is 2.84. The first-order valence-electron chi connectivity index (χ1n) is 4.58. The van der Waals surface area contributed by atoms with Gasteiger partial charge in [-0.05, 0) is 19.1 Å². The van der Waals surface area contributed by atoms with E-state index in [0.29, 0.717) is 0 Å². The molecule has 2 heterocycles. The van der Waals surface area contributed by atoms with Crippen LogP contribution in [-0.2, 0) is 6.54 Å². The van der Waals surface area contributed by atoms with E-state index in [9.17, 15) is 0 Å². The van der Waals surface area contributed by atoms with Crippen LogP contribution in [0.4, 0.5) is 0 Å². The van der Waals surface area contributed by atoms with Crippen LogP contribution in [0.1, 0.15) is 23.7 Å². The van der Waals surface area contributed by atoms with Crippen LogP contribution in [0.15, 0.2) is 18.5 Å². The van der Waals surface area contributed by atoms with Crippen molar-refractivity contribution in [2.24, 2.45) is 0 Å². The molecule has 0 saturated carbocycles. The normalized spacial score (nSPS) is 12.9. The third kappa shape index (κ3) is 2.77. The molecule has 2 aromatic heterocycles. The van der Waals surface area contributed by atoms with Crippen molar-refractivity contribution in [1.29, 1.82) is 0 Å².